The lowest BCUT2D eigenvalue weighted by Crippen LogP contribution is -2.01. The molecule has 7 rings (SSSR count). The molecule has 0 fully saturated rings. The van der Waals surface area contributed by atoms with Gasteiger partial charge in [0.15, 0.2) is 0 Å². The van der Waals surface area contributed by atoms with Crippen LogP contribution in [-0.4, -0.2) is 9.13 Å². The number of aromatic nitrogens is 2. The van der Waals surface area contributed by atoms with Crippen LogP contribution < -0.4 is 0 Å². The largest absolute Gasteiger partial charge is 0.308 e. The lowest BCUT2D eigenvalue weighted by atomic mass is 10.2. The molecule has 0 saturated carbocycles. The first-order chi connectivity index (χ1) is 17.9. The van der Waals surface area contributed by atoms with Crippen molar-refractivity contribution in [2.24, 2.45) is 0 Å². The molecule has 1 aromatic carbocycles. The summed E-state index contributed by atoms with van der Waals surface area (Å²) >= 11 is 7.11. The molecular weight excluding hydrogens is 517 g/mol. The van der Waals surface area contributed by atoms with E-state index in [2.05, 4.69) is 128 Å². The van der Waals surface area contributed by atoms with Crippen molar-refractivity contribution in [2.45, 2.75) is 0 Å². The molecule has 36 heavy (non-hydrogen) atoms. The first-order valence-corrected chi connectivity index (χ1v) is 15.1. The number of rotatable bonds is 6. The summed E-state index contributed by atoms with van der Waals surface area (Å²) in [5.74, 6) is 0. The van der Waals surface area contributed by atoms with Crippen LogP contribution in [0.15, 0.2) is 119 Å². The van der Waals surface area contributed by atoms with E-state index in [1.807, 2.05) is 0 Å². The summed E-state index contributed by atoms with van der Waals surface area (Å²) < 4.78 is 4.77. The molecule has 174 valence electrons. The minimum atomic E-state index is 1.16. The first kappa shape index (κ1) is 21.8. The van der Waals surface area contributed by atoms with Gasteiger partial charge in [0.25, 0.3) is 0 Å². The van der Waals surface area contributed by atoms with Crippen molar-refractivity contribution in [1.29, 1.82) is 0 Å². The van der Waals surface area contributed by atoms with Gasteiger partial charge in [0, 0.05) is 11.4 Å². The third kappa shape index (κ3) is 3.74. The Labute approximate surface area is 225 Å². The first-order valence-electron chi connectivity index (χ1n) is 11.6. The number of hydrogen-bond acceptors (Lipinski definition) is 4. The van der Waals surface area contributed by atoms with Crippen molar-refractivity contribution < 1.29 is 0 Å². The van der Waals surface area contributed by atoms with Gasteiger partial charge in [-0.25, -0.2) is 0 Å². The molecule has 0 bridgehead atoms. The summed E-state index contributed by atoms with van der Waals surface area (Å²) in [7, 11) is 0. The smallest absolute Gasteiger partial charge is 0.0635 e. The maximum absolute atomic E-state index is 2.39. The highest BCUT2D eigenvalue weighted by molar-refractivity contribution is 7.14. The summed E-state index contributed by atoms with van der Waals surface area (Å²) in [5, 5.41) is 8.57. The zero-order valence-electron chi connectivity index (χ0n) is 19.1. The normalized spacial score (nSPS) is 11.3. The fraction of sp³-hybridized carbons (Fsp3) is 0. The predicted octanol–water partition coefficient (Wildman–Crippen LogP) is 10.2. The molecule has 6 heteroatoms. The van der Waals surface area contributed by atoms with Crippen LogP contribution in [0.4, 0.5) is 0 Å². The fourth-order valence-corrected chi connectivity index (χ4v) is 7.61. The van der Waals surface area contributed by atoms with Crippen LogP contribution in [0.5, 0.6) is 0 Å². The van der Waals surface area contributed by atoms with E-state index in [1.54, 1.807) is 45.3 Å². The Kier molecular flexibility index (Phi) is 5.59. The Hall–Kier alpha value is -3.42. The SMILES string of the molecule is c1csc(-c2ccc(-c3cccs3)n2-c2ccc(-n3c(-c4cccs4)ccc3-c3cccs3)cc2)c1. The van der Waals surface area contributed by atoms with Crippen LogP contribution in [0.1, 0.15) is 0 Å². The van der Waals surface area contributed by atoms with E-state index in [9.17, 15) is 0 Å². The monoisotopic (exact) mass is 536 g/mol. The van der Waals surface area contributed by atoms with Crippen molar-refractivity contribution in [1.82, 2.24) is 9.13 Å². The molecule has 0 aliphatic carbocycles. The second kappa shape index (κ2) is 9.22. The Morgan fingerprint density at radius 3 is 0.833 bits per heavy atom. The van der Waals surface area contributed by atoms with Crippen LogP contribution in [0.25, 0.3) is 53.7 Å². The number of nitrogens with zero attached hydrogens (tertiary/aromatic N) is 2. The second-order valence-electron chi connectivity index (χ2n) is 8.30. The highest BCUT2D eigenvalue weighted by atomic mass is 32.1. The van der Waals surface area contributed by atoms with E-state index >= 15 is 0 Å². The van der Waals surface area contributed by atoms with E-state index in [0.29, 0.717) is 0 Å². The molecule has 6 heterocycles. The zero-order valence-corrected chi connectivity index (χ0v) is 22.3. The third-order valence-electron chi connectivity index (χ3n) is 6.22. The minimum Gasteiger partial charge on any atom is -0.308 e. The summed E-state index contributed by atoms with van der Waals surface area (Å²) in [4.78, 5) is 5.08. The average molecular weight is 537 g/mol. The predicted molar refractivity (Wildman–Crippen MR) is 158 cm³/mol. The van der Waals surface area contributed by atoms with Gasteiger partial charge in [0.05, 0.1) is 42.3 Å². The Morgan fingerprint density at radius 1 is 0.333 bits per heavy atom. The maximum atomic E-state index is 2.39. The highest BCUT2D eigenvalue weighted by Crippen LogP contribution is 2.38. The minimum absolute atomic E-state index is 1.16. The van der Waals surface area contributed by atoms with Crippen LogP contribution in [0, 0.1) is 0 Å². The van der Waals surface area contributed by atoms with E-state index < -0.39 is 0 Å². The lowest BCUT2D eigenvalue weighted by Gasteiger charge is -2.16. The van der Waals surface area contributed by atoms with Gasteiger partial charge >= 0.3 is 0 Å². The molecule has 0 radical (unpaired) electrons. The van der Waals surface area contributed by atoms with Gasteiger partial charge in [-0.1, -0.05) is 24.3 Å². The van der Waals surface area contributed by atoms with Gasteiger partial charge in [-0.05, 0) is 94.3 Å². The van der Waals surface area contributed by atoms with Crippen LogP contribution in [0.2, 0.25) is 0 Å². The molecule has 0 unspecified atom stereocenters. The topological polar surface area (TPSA) is 9.86 Å². The van der Waals surface area contributed by atoms with E-state index in [1.165, 1.54) is 42.3 Å². The maximum Gasteiger partial charge on any atom is 0.0635 e. The molecule has 0 spiro atoms. The molecular formula is C30H20N2S4. The quantitative estimate of drug-likeness (QED) is 0.200. The van der Waals surface area contributed by atoms with Gasteiger partial charge in [0.1, 0.15) is 0 Å². The number of benzene rings is 1. The molecule has 2 nitrogen and oxygen atoms in total. The number of hydrogen-bond donors (Lipinski definition) is 0. The van der Waals surface area contributed by atoms with Crippen molar-refractivity contribution in [3.8, 4) is 53.7 Å². The van der Waals surface area contributed by atoms with E-state index in [-0.39, 0.29) is 0 Å². The van der Waals surface area contributed by atoms with Crippen LogP contribution >= 0.6 is 45.3 Å². The molecule has 0 N–H and O–H groups in total. The summed E-state index contributed by atoms with van der Waals surface area (Å²) in [5.41, 5.74) is 7.22. The zero-order chi connectivity index (χ0) is 23.9. The highest BCUT2D eigenvalue weighted by Gasteiger charge is 2.17. The van der Waals surface area contributed by atoms with E-state index in [0.717, 1.165) is 11.4 Å². The second-order valence-corrected chi connectivity index (χ2v) is 12.1. The summed E-state index contributed by atoms with van der Waals surface area (Å²) in [6.07, 6.45) is 0. The lowest BCUT2D eigenvalue weighted by molar-refractivity contribution is 1.07. The Bertz CT molecular complexity index is 1460. The summed E-state index contributed by atoms with van der Waals surface area (Å²) in [6.45, 7) is 0. The Morgan fingerprint density at radius 2 is 0.611 bits per heavy atom. The van der Waals surface area contributed by atoms with Gasteiger partial charge in [0.2, 0.25) is 0 Å². The third-order valence-corrected chi connectivity index (χ3v) is 9.79. The van der Waals surface area contributed by atoms with Gasteiger partial charge < -0.3 is 9.13 Å². The standard InChI is InChI=1S/C30H20N2S4/c1-5-27(33-17-1)23-13-14-24(28-6-2-18-34-28)31(23)21-9-11-22(12-10-21)32-25(29-7-3-19-35-29)15-16-26(32)30-8-4-20-36-30/h1-20H. The molecule has 0 amide bonds. The van der Waals surface area contributed by atoms with Crippen LogP contribution in [-0.2, 0) is 0 Å². The molecule has 6 aromatic heterocycles. The molecule has 0 aliphatic heterocycles. The van der Waals surface area contributed by atoms with Crippen molar-refractivity contribution >= 4 is 45.3 Å². The van der Waals surface area contributed by atoms with Crippen LogP contribution in [0.3, 0.4) is 0 Å². The summed E-state index contributed by atoms with van der Waals surface area (Å²) in [6, 6.07) is 35.2. The van der Waals surface area contributed by atoms with Gasteiger partial charge in [-0.15, -0.1) is 45.3 Å². The van der Waals surface area contributed by atoms with Crippen molar-refractivity contribution in [2.75, 3.05) is 0 Å². The fourth-order valence-electron chi connectivity index (χ4n) is 4.65. The van der Waals surface area contributed by atoms with Crippen molar-refractivity contribution in [3.63, 3.8) is 0 Å². The van der Waals surface area contributed by atoms with Gasteiger partial charge in [-0.3, -0.25) is 0 Å². The molecule has 0 saturated heterocycles. The molecule has 7 aromatic rings. The number of thiophene rings is 4. The molecule has 0 atom stereocenters. The van der Waals surface area contributed by atoms with Crippen molar-refractivity contribution in [3.05, 3.63) is 119 Å². The average Bonchev–Trinajstić information content (AvgIpc) is 3.73. The molecule has 0 aliphatic rings. The van der Waals surface area contributed by atoms with Gasteiger partial charge in [-0.2, -0.15) is 0 Å². The Balaban J connectivity index is 1.38. The van der Waals surface area contributed by atoms with E-state index in [4.69, 9.17) is 0 Å².